The second kappa shape index (κ2) is 8.70. The lowest BCUT2D eigenvalue weighted by Gasteiger charge is -2.38. The Kier molecular flexibility index (Phi) is 7.12. The highest BCUT2D eigenvalue weighted by Gasteiger charge is 2.47. The lowest BCUT2D eigenvalue weighted by molar-refractivity contribution is -0.294. The van der Waals surface area contributed by atoms with Crippen molar-refractivity contribution in [3.63, 3.8) is 0 Å². The van der Waals surface area contributed by atoms with Crippen LogP contribution in [0.1, 0.15) is 0 Å². The van der Waals surface area contributed by atoms with Crippen molar-refractivity contribution in [2.45, 2.75) is 30.7 Å². The van der Waals surface area contributed by atoms with Crippen LogP contribution in [0.4, 0.5) is 0 Å². The van der Waals surface area contributed by atoms with E-state index in [9.17, 15) is 20.1 Å². The summed E-state index contributed by atoms with van der Waals surface area (Å²) < 4.78 is 15.5. The Morgan fingerprint density at radius 2 is 1.64 bits per heavy atom. The molecule has 5 atom stereocenters. The third-order valence-corrected chi connectivity index (χ3v) is 4.17. The van der Waals surface area contributed by atoms with E-state index in [4.69, 9.17) is 54.1 Å². The molecule has 1 fully saturated rings. The monoisotopic (exact) mass is 416 g/mol. The van der Waals surface area contributed by atoms with E-state index in [2.05, 4.69) is 0 Å². The van der Waals surface area contributed by atoms with Crippen molar-refractivity contribution in [2.24, 2.45) is 0 Å². The Bertz CT molecular complexity index is 605. The lowest BCUT2D eigenvalue weighted by Crippen LogP contribution is -2.60. The van der Waals surface area contributed by atoms with Gasteiger partial charge in [-0.15, -0.1) is 0 Å². The third-order valence-electron chi connectivity index (χ3n) is 3.39. The number of carbonyl (C=O) groups is 1. The van der Waals surface area contributed by atoms with Crippen LogP contribution in [0.5, 0.6) is 5.75 Å². The second-order valence-corrected chi connectivity index (χ2v) is 6.40. The van der Waals surface area contributed by atoms with Crippen molar-refractivity contribution in [3.8, 4) is 5.75 Å². The number of ether oxygens (including phenoxy) is 3. The smallest absolute Gasteiger partial charge is 0.335 e. The maximum Gasteiger partial charge on any atom is 0.335 e. The van der Waals surface area contributed by atoms with Crippen molar-refractivity contribution >= 4 is 40.8 Å². The van der Waals surface area contributed by atoms with Crippen LogP contribution in [0.25, 0.3) is 0 Å². The van der Waals surface area contributed by atoms with Crippen molar-refractivity contribution < 1.29 is 39.4 Å². The molecule has 0 bridgehead atoms. The minimum absolute atomic E-state index is 0.0654. The summed E-state index contributed by atoms with van der Waals surface area (Å²) in [6.07, 6.45) is -8.34. The van der Waals surface area contributed by atoms with Gasteiger partial charge in [0.25, 0.3) is 0 Å². The number of aliphatic hydroxyl groups is 3. The fraction of sp³-hybridized carbons (Fsp3) is 0.500. The van der Waals surface area contributed by atoms with E-state index in [-0.39, 0.29) is 29.0 Å². The van der Waals surface area contributed by atoms with E-state index in [1.807, 2.05) is 0 Å². The van der Waals surface area contributed by atoms with Gasteiger partial charge >= 0.3 is 5.97 Å². The van der Waals surface area contributed by atoms with Crippen molar-refractivity contribution in [3.05, 3.63) is 27.2 Å². The summed E-state index contributed by atoms with van der Waals surface area (Å²) in [6.45, 7) is -0.212. The van der Waals surface area contributed by atoms with Gasteiger partial charge in [0.1, 0.15) is 24.9 Å². The van der Waals surface area contributed by atoms with Gasteiger partial charge in [0.15, 0.2) is 18.1 Å². The maximum atomic E-state index is 11.0. The summed E-state index contributed by atoms with van der Waals surface area (Å²) in [5, 5.41) is 38.7. The summed E-state index contributed by atoms with van der Waals surface area (Å²) in [5.74, 6) is -1.32. The Morgan fingerprint density at radius 1 is 1.04 bits per heavy atom. The molecule has 0 aromatic heterocycles. The first-order valence-electron chi connectivity index (χ1n) is 7.03. The Labute approximate surface area is 157 Å². The maximum absolute atomic E-state index is 11.0. The van der Waals surface area contributed by atoms with Crippen molar-refractivity contribution in [1.82, 2.24) is 0 Å². The number of halogens is 3. The van der Waals surface area contributed by atoms with Gasteiger partial charge < -0.3 is 34.6 Å². The summed E-state index contributed by atoms with van der Waals surface area (Å²) in [6, 6.07) is 2.88. The molecule has 0 radical (unpaired) electrons. The molecule has 0 spiro atoms. The number of carboxylic acids is 1. The zero-order chi connectivity index (χ0) is 18.7. The number of hydrogen-bond acceptors (Lipinski definition) is 7. The topological polar surface area (TPSA) is 126 Å². The molecule has 8 nitrogen and oxygen atoms in total. The highest BCUT2D eigenvalue weighted by Crippen LogP contribution is 2.35. The number of benzene rings is 1. The second-order valence-electron chi connectivity index (χ2n) is 5.15. The van der Waals surface area contributed by atoms with Crippen LogP contribution < -0.4 is 4.74 Å². The molecule has 0 saturated carbocycles. The standard InChI is InChI=1S/C14H15Cl3O8/c15-5-3-6(16)11(7(17)4-5)23-1-2-24-14-10(20)8(18)9(19)12(25-14)13(21)22/h3-4,8-10,12,14,18-20H,1-2H2,(H,21,22)/t8-,9-,10+,12-,14-/m0/s1. The number of aliphatic carboxylic acids is 1. The van der Waals surface area contributed by atoms with E-state index < -0.39 is 36.7 Å². The number of carboxylic acid groups (broad SMARTS) is 1. The number of hydrogen-bond donors (Lipinski definition) is 4. The predicted molar refractivity (Wildman–Crippen MR) is 87.2 cm³/mol. The average Bonchev–Trinajstić information content (AvgIpc) is 2.52. The molecule has 1 aliphatic heterocycles. The molecule has 1 aromatic carbocycles. The molecule has 0 unspecified atom stereocenters. The van der Waals surface area contributed by atoms with E-state index in [1.165, 1.54) is 12.1 Å². The highest BCUT2D eigenvalue weighted by atomic mass is 35.5. The third kappa shape index (κ3) is 4.87. The van der Waals surface area contributed by atoms with Crippen LogP contribution in [0, 0.1) is 0 Å². The minimum atomic E-state index is -1.78. The van der Waals surface area contributed by atoms with E-state index >= 15 is 0 Å². The molecule has 1 aromatic rings. The molecule has 2 rings (SSSR count). The van der Waals surface area contributed by atoms with Gasteiger partial charge in [-0.3, -0.25) is 0 Å². The first-order valence-corrected chi connectivity index (χ1v) is 8.17. The van der Waals surface area contributed by atoms with Crippen LogP contribution in [0.3, 0.4) is 0 Å². The molecular weight excluding hydrogens is 403 g/mol. The first-order chi connectivity index (χ1) is 11.7. The van der Waals surface area contributed by atoms with Gasteiger partial charge in [-0.1, -0.05) is 34.8 Å². The zero-order valence-electron chi connectivity index (χ0n) is 12.5. The van der Waals surface area contributed by atoms with E-state index in [0.717, 1.165) is 0 Å². The van der Waals surface area contributed by atoms with Gasteiger partial charge in [-0.05, 0) is 12.1 Å². The van der Waals surface area contributed by atoms with Gasteiger partial charge in [-0.25, -0.2) is 4.79 Å². The summed E-state index contributed by atoms with van der Waals surface area (Å²) in [5.41, 5.74) is 0. The van der Waals surface area contributed by atoms with Crippen molar-refractivity contribution in [2.75, 3.05) is 13.2 Å². The highest BCUT2D eigenvalue weighted by molar-refractivity contribution is 6.40. The Balaban J connectivity index is 1.90. The van der Waals surface area contributed by atoms with Gasteiger partial charge in [0.2, 0.25) is 0 Å². The molecule has 1 aliphatic rings. The van der Waals surface area contributed by atoms with Gasteiger partial charge in [-0.2, -0.15) is 0 Å². The normalized spacial score (nSPS) is 29.4. The molecule has 0 aliphatic carbocycles. The van der Waals surface area contributed by atoms with E-state index in [0.29, 0.717) is 5.02 Å². The zero-order valence-corrected chi connectivity index (χ0v) is 14.8. The molecule has 11 heteroatoms. The summed E-state index contributed by atoms with van der Waals surface area (Å²) in [4.78, 5) is 11.0. The summed E-state index contributed by atoms with van der Waals surface area (Å²) in [7, 11) is 0. The van der Waals surface area contributed by atoms with E-state index in [1.54, 1.807) is 0 Å². The van der Waals surface area contributed by atoms with Crippen LogP contribution in [-0.4, -0.2) is 70.3 Å². The lowest BCUT2D eigenvalue weighted by atomic mass is 9.99. The largest absolute Gasteiger partial charge is 0.488 e. The van der Waals surface area contributed by atoms with Crippen LogP contribution >= 0.6 is 34.8 Å². The summed E-state index contributed by atoms with van der Waals surface area (Å²) >= 11 is 17.7. The Morgan fingerprint density at radius 3 is 2.20 bits per heavy atom. The molecule has 1 heterocycles. The van der Waals surface area contributed by atoms with Crippen molar-refractivity contribution in [1.29, 1.82) is 0 Å². The first kappa shape index (κ1) is 20.5. The fourth-order valence-corrected chi connectivity index (χ4v) is 3.09. The van der Waals surface area contributed by atoms with Gasteiger partial charge in [0, 0.05) is 5.02 Å². The number of rotatable bonds is 6. The van der Waals surface area contributed by atoms with Crippen LogP contribution in [-0.2, 0) is 14.3 Å². The SMILES string of the molecule is O=C(O)[C@H]1O[C@H](OCCOc2c(Cl)cc(Cl)cc2Cl)[C@H](O)[C@@H](O)[C@@H]1O. The van der Waals surface area contributed by atoms with Crippen LogP contribution in [0.15, 0.2) is 12.1 Å². The Hall–Kier alpha value is -0.840. The minimum Gasteiger partial charge on any atom is -0.488 e. The van der Waals surface area contributed by atoms with Gasteiger partial charge in [0.05, 0.1) is 16.7 Å². The number of aliphatic hydroxyl groups excluding tert-OH is 3. The molecule has 140 valence electrons. The van der Waals surface area contributed by atoms with Crippen LogP contribution in [0.2, 0.25) is 15.1 Å². The molecule has 0 amide bonds. The fourth-order valence-electron chi connectivity index (χ4n) is 2.16. The average molecular weight is 418 g/mol. The molecule has 4 N–H and O–H groups in total. The molecule has 25 heavy (non-hydrogen) atoms. The molecule has 1 saturated heterocycles. The predicted octanol–water partition coefficient (Wildman–Crippen LogP) is 0.934. The quantitative estimate of drug-likeness (QED) is 0.504. The molecular formula is C14H15Cl3O8.